The normalized spacial score (nSPS) is 10.5. The zero-order chi connectivity index (χ0) is 16.3. The Morgan fingerprint density at radius 1 is 1.23 bits per heavy atom. The van der Waals surface area contributed by atoms with Crippen LogP contribution in [0, 0.1) is 13.8 Å². The largest absolute Gasteiger partial charge is 0.462 e. The van der Waals surface area contributed by atoms with Crippen LogP contribution in [0.5, 0.6) is 0 Å². The van der Waals surface area contributed by atoms with Crippen molar-refractivity contribution in [1.29, 1.82) is 0 Å². The number of rotatable bonds is 5. The lowest BCUT2D eigenvalue weighted by Gasteiger charge is -2.05. The maximum atomic E-state index is 12.8. The van der Waals surface area contributed by atoms with Crippen molar-refractivity contribution >= 4 is 23.5 Å². The smallest absolute Gasteiger partial charge is 0.342 e. The summed E-state index contributed by atoms with van der Waals surface area (Å²) in [5.74, 6) is -0.355. The molecule has 1 heterocycles. The van der Waals surface area contributed by atoms with E-state index in [0.29, 0.717) is 16.4 Å². The first kappa shape index (κ1) is 16.4. The van der Waals surface area contributed by atoms with Crippen molar-refractivity contribution in [2.75, 3.05) is 12.9 Å². The summed E-state index contributed by atoms with van der Waals surface area (Å²) in [6.07, 6.45) is 1.81. The van der Waals surface area contributed by atoms with Crippen LogP contribution in [0.25, 0.3) is 0 Å². The number of esters is 1. The van der Waals surface area contributed by atoms with Gasteiger partial charge in [-0.1, -0.05) is 35.5 Å². The Balaban J connectivity index is 2.57. The number of thioether (sulfide) groups is 1. The topological polar surface area (TPSA) is 56.5 Å². The molecule has 0 fully saturated rings. The second-order valence-electron chi connectivity index (χ2n) is 4.82. The van der Waals surface area contributed by atoms with E-state index in [1.54, 1.807) is 32.2 Å². The van der Waals surface area contributed by atoms with E-state index < -0.39 is 5.97 Å². The minimum Gasteiger partial charge on any atom is -0.462 e. The number of furan rings is 1. The fourth-order valence-corrected chi connectivity index (χ4v) is 2.86. The van der Waals surface area contributed by atoms with Crippen LogP contribution in [-0.2, 0) is 4.74 Å². The molecule has 0 aliphatic rings. The fraction of sp³-hybridized carbons (Fsp3) is 0.294. The predicted molar refractivity (Wildman–Crippen MR) is 85.8 cm³/mol. The first-order valence-electron chi connectivity index (χ1n) is 6.95. The molecule has 0 aliphatic carbocycles. The molecule has 0 spiro atoms. The molecule has 116 valence electrons. The van der Waals surface area contributed by atoms with Gasteiger partial charge in [-0.05, 0) is 33.1 Å². The first-order chi connectivity index (χ1) is 10.5. The summed E-state index contributed by atoms with van der Waals surface area (Å²) in [4.78, 5) is 25.0. The maximum absolute atomic E-state index is 12.8. The Morgan fingerprint density at radius 3 is 2.55 bits per heavy atom. The molecule has 0 N–H and O–H groups in total. The van der Waals surface area contributed by atoms with Gasteiger partial charge in [-0.25, -0.2) is 4.79 Å². The molecule has 0 amide bonds. The van der Waals surface area contributed by atoms with Crippen molar-refractivity contribution < 1.29 is 18.7 Å². The van der Waals surface area contributed by atoms with Crippen molar-refractivity contribution in [3.05, 3.63) is 52.3 Å². The van der Waals surface area contributed by atoms with E-state index >= 15 is 0 Å². The molecule has 1 aromatic carbocycles. The number of hydrogen-bond donors (Lipinski definition) is 0. The number of carbonyl (C=O) groups is 2. The van der Waals surface area contributed by atoms with E-state index in [2.05, 4.69) is 0 Å². The standard InChI is InChI=1S/C17H18O4S/c1-5-20-16(19)13-11(3)21-17(22-4)14(13)15(18)12-8-6-7-10(2)9-12/h6-9H,5H2,1-4H3. The third-order valence-corrected chi connectivity index (χ3v) is 3.88. The maximum Gasteiger partial charge on any atom is 0.342 e. The summed E-state index contributed by atoms with van der Waals surface area (Å²) >= 11 is 1.30. The zero-order valence-electron chi connectivity index (χ0n) is 13.1. The summed E-state index contributed by atoms with van der Waals surface area (Å²) in [7, 11) is 0. The Kier molecular flexibility index (Phi) is 5.08. The van der Waals surface area contributed by atoms with Gasteiger partial charge in [0.15, 0.2) is 10.9 Å². The Labute approximate surface area is 133 Å². The van der Waals surface area contributed by atoms with E-state index in [9.17, 15) is 9.59 Å². The summed E-state index contributed by atoms with van der Waals surface area (Å²) in [6, 6.07) is 7.26. The van der Waals surface area contributed by atoms with Crippen LogP contribution in [-0.4, -0.2) is 24.6 Å². The summed E-state index contributed by atoms with van der Waals surface area (Å²) < 4.78 is 10.6. The highest BCUT2D eigenvalue weighted by Gasteiger charge is 2.29. The second-order valence-corrected chi connectivity index (χ2v) is 5.60. The van der Waals surface area contributed by atoms with Gasteiger partial charge < -0.3 is 9.15 Å². The Bertz CT molecular complexity index is 715. The molecule has 0 unspecified atom stereocenters. The molecule has 22 heavy (non-hydrogen) atoms. The summed E-state index contributed by atoms with van der Waals surface area (Å²) in [5, 5.41) is 0.437. The second kappa shape index (κ2) is 6.83. The summed E-state index contributed by atoms with van der Waals surface area (Å²) in [6.45, 7) is 5.55. The third kappa shape index (κ3) is 3.09. The molecule has 0 radical (unpaired) electrons. The van der Waals surface area contributed by atoms with Crippen molar-refractivity contribution in [2.45, 2.75) is 25.9 Å². The third-order valence-electron chi connectivity index (χ3n) is 3.22. The molecule has 1 aromatic heterocycles. The van der Waals surface area contributed by atoms with Gasteiger partial charge in [-0.2, -0.15) is 0 Å². The van der Waals surface area contributed by atoms with Crippen LogP contribution in [0.4, 0.5) is 0 Å². The molecule has 0 bridgehead atoms. The van der Waals surface area contributed by atoms with Crippen LogP contribution in [0.1, 0.15) is 44.5 Å². The highest BCUT2D eigenvalue weighted by molar-refractivity contribution is 7.98. The van der Waals surface area contributed by atoms with Crippen LogP contribution >= 0.6 is 11.8 Å². The van der Waals surface area contributed by atoms with Gasteiger partial charge in [0, 0.05) is 5.56 Å². The average Bonchev–Trinajstić information content (AvgIpc) is 2.83. The fourth-order valence-electron chi connectivity index (χ4n) is 2.25. The Morgan fingerprint density at radius 2 is 1.95 bits per heavy atom. The van der Waals surface area contributed by atoms with E-state index in [4.69, 9.17) is 9.15 Å². The molecule has 0 aliphatic heterocycles. The summed E-state index contributed by atoms with van der Waals surface area (Å²) in [5.41, 5.74) is 2.02. The molecular formula is C17H18O4S. The SMILES string of the molecule is CCOC(=O)c1c(C)oc(SC)c1C(=O)c1cccc(C)c1. The van der Waals surface area contributed by atoms with Crippen LogP contribution in [0.3, 0.4) is 0 Å². The van der Waals surface area contributed by atoms with Crippen molar-refractivity contribution in [3.8, 4) is 0 Å². The highest BCUT2D eigenvalue weighted by Crippen LogP contribution is 2.32. The molecule has 2 aromatic rings. The van der Waals surface area contributed by atoms with Gasteiger partial charge in [0.05, 0.1) is 12.2 Å². The van der Waals surface area contributed by atoms with Crippen LogP contribution < -0.4 is 0 Å². The van der Waals surface area contributed by atoms with Gasteiger partial charge in [0.1, 0.15) is 11.3 Å². The van der Waals surface area contributed by atoms with Crippen molar-refractivity contribution in [1.82, 2.24) is 0 Å². The van der Waals surface area contributed by atoms with E-state index in [1.165, 1.54) is 11.8 Å². The first-order valence-corrected chi connectivity index (χ1v) is 8.17. The highest BCUT2D eigenvalue weighted by atomic mass is 32.2. The lowest BCUT2D eigenvalue weighted by Crippen LogP contribution is -2.12. The van der Waals surface area contributed by atoms with Crippen molar-refractivity contribution in [2.24, 2.45) is 0 Å². The number of aryl methyl sites for hydroxylation is 2. The van der Waals surface area contributed by atoms with Gasteiger partial charge >= 0.3 is 5.97 Å². The van der Waals surface area contributed by atoms with Gasteiger partial charge in [0.2, 0.25) is 0 Å². The zero-order valence-corrected chi connectivity index (χ0v) is 13.9. The van der Waals surface area contributed by atoms with Crippen LogP contribution in [0.2, 0.25) is 0 Å². The van der Waals surface area contributed by atoms with E-state index in [1.807, 2.05) is 19.1 Å². The van der Waals surface area contributed by atoms with E-state index in [0.717, 1.165) is 5.56 Å². The lowest BCUT2D eigenvalue weighted by molar-refractivity contribution is 0.0522. The number of hydrogen-bond acceptors (Lipinski definition) is 5. The molecule has 0 saturated carbocycles. The molecule has 0 atom stereocenters. The van der Waals surface area contributed by atoms with Gasteiger partial charge in [-0.15, -0.1) is 0 Å². The molecule has 0 saturated heterocycles. The van der Waals surface area contributed by atoms with E-state index in [-0.39, 0.29) is 23.5 Å². The van der Waals surface area contributed by atoms with Gasteiger partial charge in [0.25, 0.3) is 0 Å². The van der Waals surface area contributed by atoms with Crippen molar-refractivity contribution in [3.63, 3.8) is 0 Å². The lowest BCUT2D eigenvalue weighted by atomic mass is 10.00. The number of ketones is 1. The number of ether oxygens (including phenoxy) is 1. The number of benzene rings is 1. The minimum atomic E-state index is -0.528. The Hall–Kier alpha value is -2.01. The molecule has 2 rings (SSSR count). The van der Waals surface area contributed by atoms with Crippen LogP contribution in [0.15, 0.2) is 33.8 Å². The monoisotopic (exact) mass is 318 g/mol. The molecule has 4 nitrogen and oxygen atoms in total. The van der Waals surface area contributed by atoms with Gasteiger partial charge in [-0.3, -0.25) is 4.79 Å². The molecular weight excluding hydrogens is 300 g/mol. The minimum absolute atomic E-state index is 0.220. The quantitative estimate of drug-likeness (QED) is 0.473. The predicted octanol–water partition coefficient (Wildman–Crippen LogP) is 4.03. The average molecular weight is 318 g/mol. The number of carbonyl (C=O) groups excluding carboxylic acids is 2. The molecule has 5 heteroatoms.